The summed E-state index contributed by atoms with van der Waals surface area (Å²) in [6.45, 7) is 5.83. The van der Waals surface area contributed by atoms with Crippen LogP contribution in [0.2, 0.25) is 5.02 Å². The molecule has 2 aromatic carbocycles. The highest BCUT2D eigenvalue weighted by molar-refractivity contribution is 8.18. The average molecular weight is 497 g/mol. The van der Waals surface area contributed by atoms with Crippen LogP contribution >= 0.6 is 23.4 Å². The number of para-hydroxylation sites is 1. The topological polar surface area (TPSA) is 68.6 Å². The van der Waals surface area contributed by atoms with Gasteiger partial charge in [0.1, 0.15) is 6.54 Å². The van der Waals surface area contributed by atoms with Crippen LogP contribution in [0.25, 0.3) is 17.0 Å². The molecule has 0 saturated carbocycles. The largest absolute Gasteiger partial charge is 0.461 e. The smallest absolute Gasteiger partial charge is 0.326 e. The third-order valence-corrected chi connectivity index (χ3v) is 7.19. The molecule has 1 atom stereocenters. The van der Waals surface area contributed by atoms with Crippen molar-refractivity contribution >= 4 is 57.5 Å². The van der Waals surface area contributed by atoms with E-state index in [2.05, 4.69) is 4.57 Å². The molecule has 1 aromatic heterocycles. The maximum Gasteiger partial charge on any atom is 0.326 e. The second-order valence-corrected chi connectivity index (χ2v) is 9.57. The maximum atomic E-state index is 13.0. The molecule has 0 bridgehead atoms. The van der Waals surface area contributed by atoms with Crippen molar-refractivity contribution in [3.05, 3.63) is 75.3 Å². The summed E-state index contributed by atoms with van der Waals surface area (Å²) in [5, 5.41) is 1.18. The molecule has 8 heteroatoms. The van der Waals surface area contributed by atoms with Crippen molar-refractivity contribution in [1.29, 1.82) is 0 Å². The molecule has 2 amide bonds. The Hall–Kier alpha value is -3.03. The third kappa shape index (κ3) is 4.76. The van der Waals surface area contributed by atoms with Crippen molar-refractivity contribution in [2.45, 2.75) is 39.8 Å². The molecule has 0 radical (unpaired) electrons. The maximum absolute atomic E-state index is 13.0. The van der Waals surface area contributed by atoms with Crippen molar-refractivity contribution in [3.8, 4) is 0 Å². The predicted octanol–water partition coefficient (Wildman–Crippen LogP) is 6.03. The van der Waals surface area contributed by atoms with Gasteiger partial charge in [0.15, 0.2) is 0 Å². The van der Waals surface area contributed by atoms with Crippen LogP contribution in [-0.4, -0.2) is 39.2 Å². The number of carbonyl (C=O) groups excluding carboxylic acids is 3. The Bertz CT molecular complexity index is 1310. The molecule has 4 rings (SSSR count). The zero-order valence-electron chi connectivity index (χ0n) is 19.2. The fraction of sp³-hybridized carbons (Fsp3) is 0.269. The standard InChI is InChI=1S/C26H25ClN2O4S/c1-4-16(2)33-24(30)15-29-25(31)23(34-26(29)32)13-20-17(3)28(22-12-8-6-10-19(20)22)14-18-9-5-7-11-21(18)27/h5-13,16H,4,14-15H2,1-3H3/b23-13-/t16-/m1/s1. The summed E-state index contributed by atoms with van der Waals surface area (Å²) in [4.78, 5) is 38.9. The van der Waals surface area contributed by atoms with Crippen molar-refractivity contribution in [3.63, 3.8) is 0 Å². The molecule has 0 unspecified atom stereocenters. The number of thioether (sulfide) groups is 1. The number of aromatic nitrogens is 1. The Morgan fingerprint density at radius 2 is 1.85 bits per heavy atom. The molecular formula is C26H25ClN2O4S. The summed E-state index contributed by atoms with van der Waals surface area (Å²) in [7, 11) is 0. The van der Waals surface area contributed by atoms with Crippen molar-refractivity contribution < 1.29 is 19.1 Å². The number of benzene rings is 2. The molecule has 3 aromatic rings. The van der Waals surface area contributed by atoms with Crippen LogP contribution in [0.1, 0.15) is 37.1 Å². The Labute approximate surface area is 207 Å². The number of amides is 2. The van der Waals surface area contributed by atoms with E-state index >= 15 is 0 Å². The van der Waals surface area contributed by atoms with E-state index in [9.17, 15) is 14.4 Å². The minimum Gasteiger partial charge on any atom is -0.461 e. The second-order valence-electron chi connectivity index (χ2n) is 8.17. The molecular weight excluding hydrogens is 472 g/mol. The fourth-order valence-corrected chi connectivity index (χ4v) is 4.90. The van der Waals surface area contributed by atoms with Crippen LogP contribution in [0.3, 0.4) is 0 Å². The summed E-state index contributed by atoms with van der Waals surface area (Å²) in [5.41, 5.74) is 3.79. The van der Waals surface area contributed by atoms with Crippen LogP contribution in [-0.2, 0) is 20.9 Å². The molecule has 1 aliphatic rings. The van der Waals surface area contributed by atoms with E-state index in [1.165, 1.54) is 0 Å². The fourth-order valence-electron chi connectivity index (χ4n) is 3.88. The quantitative estimate of drug-likeness (QED) is 0.295. The van der Waals surface area contributed by atoms with Gasteiger partial charge in [0.05, 0.1) is 11.0 Å². The number of ether oxygens (including phenoxy) is 1. The first-order valence-corrected chi connectivity index (χ1v) is 12.3. The normalized spacial score (nSPS) is 16.0. The number of imide groups is 1. The monoisotopic (exact) mass is 496 g/mol. The molecule has 6 nitrogen and oxygen atoms in total. The molecule has 1 saturated heterocycles. The number of halogens is 1. The minimum atomic E-state index is -0.592. The van der Waals surface area contributed by atoms with Gasteiger partial charge in [0.2, 0.25) is 0 Å². The number of fused-ring (bicyclic) bond motifs is 1. The van der Waals surface area contributed by atoms with Gasteiger partial charge in [-0.2, -0.15) is 0 Å². The lowest BCUT2D eigenvalue weighted by Crippen LogP contribution is -2.35. The Morgan fingerprint density at radius 3 is 2.59 bits per heavy atom. The van der Waals surface area contributed by atoms with E-state index in [0.29, 0.717) is 18.0 Å². The van der Waals surface area contributed by atoms with Gasteiger partial charge in [-0.25, -0.2) is 0 Å². The molecule has 0 spiro atoms. The lowest BCUT2D eigenvalue weighted by molar-refractivity contribution is -0.150. The minimum absolute atomic E-state index is 0.269. The first kappa shape index (κ1) is 24.1. The molecule has 0 aliphatic carbocycles. The van der Waals surface area contributed by atoms with Crippen molar-refractivity contribution in [1.82, 2.24) is 9.47 Å². The highest BCUT2D eigenvalue weighted by Crippen LogP contribution is 2.36. The zero-order valence-corrected chi connectivity index (χ0v) is 20.8. The van der Waals surface area contributed by atoms with Gasteiger partial charge in [-0.3, -0.25) is 19.3 Å². The summed E-state index contributed by atoms with van der Waals surface area (Å²) in [6.07, 6.45) is 2.13. The summed E-state index contributed by atoms with van der Waals surface area (Å²) in [6, 6.07) is 15.6. The van der Waals surface area contributed by atoms with E-state index in [4.69, 9.17) is 16.3 Å². The van der Waals surface area contributed by atoms with Crippen molar-refractivity contribution in [2.75, 3.05) is 6.54 Å². The molecule has 2 heterocycles. The lowest BCUT2D eigenvalue weighted by atomic mass is 10.1. The molecule has 1 fully saturated rings. The van der Waals surface area contributed by atoms with E-state index in [1.807, 2.05) is 62.4 Å². The summed E-state index contributed by atoms with van der Waals surface area (Å²) >= 11 is 7.24. The SMILES string of the molecule is CC[C@@H](C)OC(=O)CN1C(=O)S/C(=C\c2c(C)n(Cc3ccccc3Cl)c3ccccc23)C1=O. The predicted molar refractivity (Wildman–Crippen MR) is 136 cm³/mol. The van der Waals surface area contributed by atoms with Gasteiger partial charge in [0.25, 0.3) is 11.1 Å². The molecule has 1 aliphatic heterocycles. The van der Waals surface area contributed by atoms with Gasteiger partial charge < -0.3 is 9.30 Å². The van der Waals surface area contributed by atoms with Gasteiger partial charge in [0, 0.05) is 33.7 Å². The van der Waals surface area contributed by atoms with Gasteiger partial charge in [-0.1, -0.05) is 54.9 Å². The van der Waals surface area contributed by atoms with Gasteiger partial charge in [-0.15, -0.1) is 0 Å². The summed E-state index contributed by atoms with van der Waals surface area (Å²) < 4.78 is 7.38. The van der Waals surface area contributed by atoms with Crippen LogP contribution in [0.4, 0.5) is 4.79 Å². The Morgan fingerprint density at radius 1 is 1.15 bits per heavy atom. The average Bonchev–Trinajstić information content (AvgIpc) is 3.23. The first-order chi connectivity index (χ1) is 16.3. The number of nitrogens with zero attached hydrogens (tertiary/aromatic N) is 2. The van der Waals surface area contributed by atoms with E-state index in [0.717, 1.165) is 44.4 Å². The zero-order chi connectivity index (χ0) is 24.4. The van der Waals surface area contributed by atoms with Gasteiger partial charge in [-0.05, 0) is 55.8 Å². The van der Waals surface area contributed by atoms with Crippen LogP contribution in [0, 0.1) is 6.92 Å². The van der Waals surface area contributed by atoms with E-state index in [-0.39, 0.29) is 17.6 Å². The van der Waals surface area contributed by atoms with Crippen LogP contribution < -0.4 is 0 Å². The molecule has 0 N–H and O–H groups in total. The molecule has 176 valence electrons. The lowest BCUT2D eigenvalue weighted by Gasteiger charge is -2.14. The molecule has 34 heavy (non-hydrogen) atoms. The number of esters is 1. The third-order valence-electron chi connectivity index (χ3n) is 5.91. The van der Waals surface area contributed by atoms with Crippen molar-refractivity contribution in [2.24, 2.45) is 0 Å². The number of hydrogen-bond acceptors (Lipinski definition) is 5. The number of hydrogen-bond donors (Lipinski definition) is 0. The van der Waals surface area contributed by atoms with E-state index < -0.39 is 17.1 Å². The van der Waals surface area contributed by atoms with E-state index in [1.54, 1.807) is 13.0 Å². The summed E-state index contributed by atoms with van der Waals surface area (Å²) in [5.74, 6) is -1.08. The highest BCUT2D eigenvalue weighted by atomic mass is 35.5. The number of rotatable bonds is 7. The van der Waals surface area contributed by atoms with Gasteiger partial charge >= 0.3 is 5.97 Å². The Kier molecular flexibility index (Phi) is 7.14. The number of carbonyl (C=O) groups is 3. The highest BCUT2D eigenvalue weighted by Gasteiger charge is 2.37. The second kappa shape index (κ2) is 10.1. The van der Waals surface area contributed by atoms with Crippen LogP contribution in [0.5, 0.6) is 0 Å². The first-order valence-electron chi connectivity index (χ1n) is 11.1. The van der Waals surface area contributed by atoms with Crippen LogP contribution in [0.15, 0.2) is 53.4 Å². The Balaban J connectivity index is 1.67.